The molecule has 0 bridgehead atoms. The quantitative estimate of drug-likeness (QED) is 0.680. The monoisotopic (exact) mass is 319 g/mol. The van der Waals surface area contributed by atoms with E-state index < -0.39 is 22.4 Å². The van der Waals surface area contributed by atoms with Crippen molar-refractivity contribution in [2.24, 2.45) is 0 Å². The summed E-state index contributed by atoms with van der Waals surface area (Å²) in [6.07, 6.45) is 1.46. The molecule has 0 saturated heterocycles. The van der Waals surface area contributed by atoms with Gasteiger partial charge in [0.1, 0.15) is 5.82 Å². The predicted octanol–water partition coefficient (Wildman–Crippen LogP) is 1.72. The SMILES string of the molecule is CCCOCCCNS(=O)(=O)c1cc(CO)cc(F)c1C. The Labute approximate surface area is 125 Å². The third kappa shape index (κ3) is 5.35. The molecule has 0 spiro atoms. The molecule has 1 aromatic rings. The molecule has 2 N–H and O–H groups in total. The van der Waals surface area contributed by atoms with Crippen LogP contribution < -0.4 is 4.72 Å². The number of aliphatic hydroxyl groups is 1. The summed E-state index contributed by atoms with van der Waals surface area (Å²) < 4.78 is 45.7. The molecule has 0 saturated carbocycles. The Morgan fingerprint density at radius 3 is 2.67 bits per heavy atom. The molecule has 0 amide bonds. The number of nitrogens with one attached hydrogen (secondary N) is 1. The number of aliphatic hydroxyl groups excluding tert-OH is 1. The van der Waals surface area contributed by atoms with Gasteiger partial charge in [-0.15, -0.1) is 0 Å². The fourth-order valence-corrected chi connectivity index (χ4v) is 3.16. The van der Waals surface area contributed by atoms with E-state index in [4.69, 9.17) is 9.84 Å². The van der Waals surface area contributed by atoms with E-state index in [9.17, 15) is 12.8 Å². The predicted molar refractivity (Wildman–Crippen MR) is 78.0 cm³/mol. The molecule has 1 aromatic carbocycles. The maximum absolute atomic E-state index is 13.7. The van der Waals surface area contributed by atoms with E-state index in [0.29, 0.717) is 19.6 Å². The topological polar surface area (TPSA) is 75.6 Å². The first-order valence-corrected chi connectivity index (χ1v) is 8.38. The summed E-state index contributed by atoms with van der Waals surface area (Å²) in [6, 6.07) is 2.42. The van der Waals surface area contributed by atoms with Crippen LogP contribution in [0.25, 0.3) is 0 Å². The zero-order valence-corrected chi connectivity index (χ0v) is 13.2. The third-order valence-electron chi connectivity index (χ3n) is 2.93. The van der Waals surface area contributed by atoms with Gasteiger partial charge in [0.2, 0.25) is 10.0 Å². The van der Waals surface area contributed by atoms with Crippen molar-refractivity contribution in [3.8, 4) is 0 Å². The standard InChI is InChI=1S/C14H22FNO4S/c1-3-6-20-7-4-5-16-21(18,19)14-9-12(10-17)8-13(15)11(14)2/h8-9,16-17H,3-7,10H2,1-2H3. The molecular weight excluding hydrogens is 297 g/mol. The average molecular weight is 319 g/mol. The zero-order valence-electron chi connectivity index (χ0n) is 12.4. The molecular formula is C14H22FNO4S. The highest BCUT2D eigenvalue weighted by Gasteiger charge is 2.19. The molecule has 0 atom stereocenters. The Morgan fingerprint density at radius 2 is 2.05 bits per heavy atom. The molecule has 0 radical (unpaired) electrons. The minimum Gasteiger partial charge on any atom is -0.392 e. The van der Waals surface area contributed by atoms with E-state index in [0.717, 1.165) is 12.5 Å². The highest BCUT2D eigenvalue weighted by Crippen LogP contribution is 2.20. The highest BCUT2D eigenvalue weighted by molar-refractivity contribution is 7.89. The molecule has 5 nitrogen and oxygen atoms in total. The fraction of sp³-hybridized carbons (Fsp3) is 0.571. The second-order valence-electron chi connectivity index (χ2n) is 4.72. The van der Waals surface area contributed by atoms with Crippen LogP contribution in [-0.2, 0) is 21.4 Å². The van der Waals surface area contributed by atoms with E-state index in [-0.39, 0.29) is 22.6 Å². The van der Waals surface area contributed by atoms with Gasteiger partial charge in [-0.1, -0.05) is 6.92 Å². The maximum Gasteiger partial charge on any atom is 0.240 e. The van der Waals surface area contributed by atoms with Crippen LogP contribution in [0.5, 0.6) is 0 Å². The van der Waals surface area contributed by atoms with E-state index >= 15 is 0 Å². The molecule has 21 heavy (non-hydrogen) atoms. The van der Waals surface area contributed by atoms with Crippen LogP contribution in [0.4, 0.5) is 4.39 Å². The first-order chi connectivity index (χ1) is 9.92. The lowest BCUT2D eigenvalue weighted by Gasteiger charge is -2.11. The molecule has 0 unspecified atom stereocenters. The summed E-state index contributed by atoms with van der Waals surface area (Å²) in [7, 11) is -3.80. The van der Waals surface area contributed by atoms with Crippen molar-refractivity contribution in [1.82, 2.24) is 4.72 Å². The molecule has 0 aromatic heterocycles. The van der Waals surface area contributed by atoms with Crippen LogP contribution in [-0.4, -0.2) is 33.3 Å². The van der Waals surface area contributed by atoms with Gasteiger partial charge in [-0.25, -0.2) is 17.5 Å². The van der Waals surface area contributed by atoms with E-state index in [1.165, 1.54) is 13.0 Å². The Hall–Kier alpha value is -1.02. The number of sulfonamides is 1. The number of hydrogen-bond acceptors (Lipinski definition) is 4. The van der Waals surface area contributed by atoms with Gasteiger partial charge in [0, 0.05) is 25.3 Å². The summed E-state index contributed by atoms with van der Waals surface area (Å²) >= 11 is 0. The van der Waals surface area contributed by atoms with Gasteiger partial charge in [0.25, 0.3) is 0 Å². The van der Waals surface area contributed by atoms with Crippen molar-refractivity contribution in [1.29, 1.82) is 0 Å². The van der Waals surface area contributed by atoms with Crippen LogP contribution >= 0.6 is 0 Å². The molecule has 120 valence electrons. The first kappa shape index (κ1) is 18.0. The highest BCUT2D eigenvalue weighted by atomic mass is 32.2. The smallest absolute Gasteiger partial charge is 0.240 e. The van der Waals surface area contributed by atoms with Crippen molar-refractivity contribution >= 4 is 10.0 Å². The van der Waals surface area contributed by atoms with Gasteiger partial charge in [-0.05, 0) is 37.5 Å². The number of rotatable bonds is 9. The summed E-state index contributed by atoms with van der Waals surface area (Å²) in [4.78, 5) is -0.138. The third-order valence-corrected chi connectivity index (χ3v) is 4.52. The van der Waals surface area contributed by atoms with Crippen molar-refractivity contribution in [2.75, 3.05) is 19.8 Å². The van der Waals surface area contributed by atoms with Crippen molar-refractivity contribution in [3.63, 3.8) is 0 Å². The normalized spacial score (nSPS) is 11.8. The van der Waals surface area contributed by atoms with Gasteiger partial charge < -0.3 is 9.84 Å². The summed E-state index contributed by atoms with van der Waals surface area (Å²) in [6.45, 7) is 4.32. The van der Waals surface area contributed by atoms with Crippen LogP contribution in [0.2, 0.25) is 0 Å². The van der Waals surface area contributed by atoms with E-state index in [1.54, 1.807) is 0 Å². The summed E-state index contributed by atoms with van der Waals surface area (Å²) in [5, 5.41) is 9.04. The second kappa shape index (κ2) is 8.43. The minimum absolute atomic E-state index is 0.0435. The van der Waals surface area contributed by atoms with Gasteiger partial charge in [0.15, 0.2) is 0 Å². The average Bonchev–Trinajstić information content (AvgIpc) is 2.45. The number of ether oxygens (including phenoxy) is 1. The van der Waals surface area contributed by atoms with Gasteiger partial charge in [-0.2, -0.15) is 0 Å². The Bertz CT molecular complexity index is 560. The maximum atomic E-state index is 13.7. The fourth-order valence-electron chi connectivity index (χ4n) is 1.78. The van der Waals surface area contributed by atoms with Gasteiger partial charge >= 0.3 is 0 Å². The van der Waals surface area contributed by atoms with Crippen LogP contribution in [0.1, 0.15) is 30.9 Å². The minimum atomic E-state index is -3.80. The molecule has 0 aliphatic carbocycles. The van der Waals surface area contributed by atoms with Gasteiger partial charge in [0.05, 0.1) is 11.5 Å². The van der Waals surface area contributed by atoms with Gasteiger partial charge in [-0.3, -0.25) is 0 Å². The summed E-state index contributed by atoms with van der Waals surface area (Å²) in [5.41, 5.74) is 0.270. The summed E-state index contributed by atoms with van der Waals surface area (Å²) in [5.74, 6) is -0.645. The Morgan fingerprint density at radius 1 is 1.33 bits per heavy atom. The number of benzene rings is 1. The molecule has 0 aliphatic heterocycles. The number of hydrogen-bond donors (Lipinski definition) is 2. The molecule has 7 heteroatoms. The zero-order chi connectivity index (χ0) is 15.9. The Balaban J connectivity index is 2.72. The molecule has 0 aliphatic rings. The number of halogens is 1. The van der Waals surface area contributed by atoms with Crippen LogP contribution in [0.15, 0.2) is 17.0 Å². The lowest BCUT2D eigenvalue weighted by molar-refractivity contribution is 0.133. The Kier molecular flexibility index (Phi) is 7.24. The molecule has 0 heterocycles. The van der Waals surface area contributed by atoms with Crippen LogP contribution in [0, 0.1) is 12.7 Å². The largest absolute Gasteiger partial charge is 0.392 e. The lowest BCUT2D eigenvalue weighted by atomic mass is 10.1. The van der Waals surface area contributed by atoms with Crippen molar-refractivity contribution in [2.45, 2.75) is 38.2 Å². The first-order valence-electron chi connectivity index (χ1n) is 6.89. The van der Waals surface area contributed by atoms with E-state index in [1.807, 2.05) is 6.92 Å². The van der Waals surface area contributed by atoms with E-state index in [2.05, 4.69) is 4.72 Å². The molecule has 0 fully saturated rings. The van der Waals surface area contributed by atoms with Crippen molar-refractivity contribution < 1.29 is 22.7 Å². The van der Waals surface area contributed by atoms with Crippen molar-refractivity contribution in [3.05, 3.63) is 29.1 Å². The lowest BCUT2D eigenvalue weighted by Crippen LogP contribution is -2.26. The second-order valence-corrected chi connectivity index (χ2v) is 6.46. The molecule has 1 rings (SSSR count). The van der Waals surface area contributed by atoms with Crippen LogP contribution in [0.3, 0.4) is 0 Å².